The summed E-state index contributed by atoms with van der Waals surface area (Å²) >= 11 is 1.64. The van der Waals surface area contributed by atoms with Crippen molar-refractivity contribution < 1.29 is 9.53 Å². The van der Waals surface area contributed by atoms with Crippen LogP contribution in [0.2, 0.25) is 0 Å². The topological polar surface area (TPSA) is 42.4 Å². The largest absolute Gasteiger partial charge is 0.365 e. The molecule has 5 heteroatoms. The Kier molecular flexibility index (Phi) is 4.55. The van der Waals surface area contributed by atoms with Gasteiger partial charge in [-0.3, -0.25) is 9.78 Å². The molecule has 116 valence electrons. The second kappa shape index (κ2) is 6.58. The van der Waals surface area contributed by atoms with Crippen molar-refractivity contribution in [2.75, 3.05) is 4.90 Å². The number of amides is 1. The van der Waals surface area contributed by atoms with E-state index in [4.69, 9.17) is 4.74 Å². The lowest BCUT2D eigenvalue weighted by Gasteiger charge is -2.26. The average molecular weight is 316 g/mol. The molecule has 22 heavy (non-hydrogen) atoms. The molecule has 0 radical (unpaired) electrons. The molecule has 3 atom stereocenters. The van der Waals surface area contributed by atoms with Gasteiger partial charge >= 0.3 is 0 Å². The molecule has 0 aliphatic carbocycles. The predicted octanol–water partition coefficient (Wildman–Crippen LogP) is 3.49. The molecule has 1 fully saturated rings. The van der Waals surface area contributed by atoms with Gasteiger partial charge in [0.1, 0.15) is 6.10 Å². The van der Waals surface area contributed by atoms with Crippen molar-refractivity contribution >= 4 is 22.9 Å². The molecule has 0 aromatic carbocycles. The molecule has 0 N–H and O–H groups in total. The van der Waals surface area contributed by atoms with Gasteiger partial charge in [-0.1, -0.05) is 6.92 Å². The second-order valence-electron chi connectivity index (χ2n) is 5.85. The van der Waals surface area contributed by atoms with Gasteiger partial charge in [0, 0.05) is 6.20 Å². The molecule has 2 aromatic rings. The summed E-state index contributed by atoms with van der Waals surface area (Å²) in [5, 5.41) is 4.09. The standard InChI is InChI=1S/C17H20N2O2S/c1-12-8-13(2)21-16(12)17(20)19(10-14-5-7-22-11-14)15-4-3-6-18-9-15/h3-7,9,11-13,16H,8,10H2,1-2H3. The summed E-state index contributed by atoms with van der Waals surface area (Å²) in [6, 6.07) is 5.81. The number of hydrogen-bond acceptors (Lipinski definition) is 4. The number of hydrogen-bond donors (Lipinski definition) is 0. The fourth-order valence-corrected chi connectivity index (χ4v) is 3.58. The fraction of sp³-hybridized carbons (Fsp3) is 0.412. The van der Waals surface area contributed by atoms with Crippen LogP contribution in [0.5, 0.6) is 0 Å². The summed E-state index contributed by atoms with van der Waals surface area (Å²) in [4.78, 5) is 18.9. The van der Waals surface area contributed by atoms with Crippen molar-refractivity contribution in [1.29, 1.82) is 0 Å². The Balaban J connectivity index is 1.86. The lowest BCUT2D eigenvalue weighted by Crippen LogP contribution is -2.41. The molecule has 3 unspecified atom stereocenters. The summed E-state index contributed by atoms with van der Waals surface area (Å²) in [5.74, 6) is 0.264. The maximum Gasteiger partial charge on any atom is 0.256 e. The third-order valence-electron chi connectivity index (χ3n) is 3.99. The van der Waals surface area contributed by atoms with E-state index in [9.17, 15) is 4.79 Å². The van der Waals surface area contributed by atoms with Crippen LogP contribution in [0.15, 0.2) is 41.4 Å². The Morgan fingerprint density at radius 3 is 2.91 bits per heavy atom. The first-order chi connectivity index (χ1) is 10.6. The molecule has 1 aliphatic heterocycles. The number of rotatable bonds is 4. The Morgan fingerprint density at radius 2 is 2.32 bits per heavy atom. The molecule has 0 spiro atoms. The van der Waals surface area contributed by atoms with Crippen LogP contribution in [0.3, 0.4) is 0 Å². The number of nitrogens with zero attached hydrogens (tertiary/aromatic N) is 2. The van der Waals surface area contributed by atoms with Crippen LogP contribution in [-0.4, -0.2) is 23.1 Å². The molecule has 3 rings (SSSR count). The van der Waals surface area contributed by atoms with Crippen LogP contribution in [0, 0.1) is 5.92 Å². The van der Waals surface area contributed by atoms with Crippen molar-refractivity contribution in [1.82, 2.24) is 4.98 Å². The summed E-state index contributed by atoms with van der Waals surface area (Å²) < 4.78 is 5.85. The molecule has 0 bridgehead atoms. The number of carbonyl (C=O) groups excluding carboxylic acids is 1. The van der Waals surface area contributed by atoms with Crippen LogP contribution in [0.4, 0.5) is 5.69 Å². The number of anilines is 1. The van der Waals surface area contributed by atoms with Crippen molar-refractivity contribution in [3.8, 4) is 0 Å². The minimum atomic E-state index is -0.367. The third-order valence-corrected chi connectivity index (χ3v) is 4.72. The number of carbonyl (C=O) groups is 1. The van der Waals surface area contributed by atoms with Crippen molar-refractivity contribution in [2.45, 2.75) is 39.0 Å². The Labute approximate surface area is 134 Å². The molecular weight excluding hydrogens is 296 g/mol. The molecule has 3 heterocycles. The fourth-order valence-electron chi connectivity index (χ4n) is 2.92. The lowest BCUT2D eigenvalue weighted by atomic mass is 10.0. The van der Waals surface area contributed by atoms with E-state index in [1.165, 1.54) is 0 Å². The van der Waals surface area contributed by atoms with Crippen LogP contribution < -0.4 is 4.90 Å². The number of aromatic nitrogens is 1. The van der Waals surface area contributed by atoms with Gasteiger partial charge < -0.3 is 9.64 Å². The Bertz CT molecular complexity index is 615. The Hall–Kier alpha value is -1.72. The molecular formula is C17H20N2O2S. The van der Waals surface area contributed by atoms with E-state index in [1.54, 1.807) is 28.6 Å². The van der Waals surface area contributed by atoms with Crippen LogP contribution in [0.25, 0.3) is 0 Å². The first-order valence-electron chi connectivity index (χ1n) is 7.53. The number of ether oxygens (including phenoxy) is 1. The van der Waals surface area contributed by atoms with E-state index in [0.717, 1.165) is 17.7 Å². The summed E-state index contributed by atoms with van der Waals surface area (Å²) in [6.45, 7) is 4.66. The van der Waals surface area contributed by atoms with E-state index in [0.29, 0.717) is 6.54 Å². The third kappa shape index (κ3) is 3.20. The SMILES string of the molecule is CC1CC(C)C(C(=O)N(Cc2ccsc2)c2cccnc2)O1. The highest BCUT2D eigenvalue weighted by molar-refractivity contribution is 7.07. The highest BCUT2D eigenvalue weighted by atomic mass is 32.1. The maximum absolute atomic E-state index is 13.0. The quantitative estimate of drug-likeness (QED) is 0.867. The van der Waals surface area contributed by atoms with E-state index in [2.05, 4.69) is 17.3 Å². The van der Waals surface area contributed by atoms with Gasteiger partial charge in [0.05, 0.1) is 24.5 Å². The van der Waals surface area contributed by atoms with Gasteiger partial charge in [0.2, 0.25) is 0 Å². The highest BCUT2D eigenvalue weighted by Crippen LogP contribution is 2.29. The van der Waals surface area contributed by atoms with Crippen LogP contribution in [-0.2, 0) is 16.1 Å². The highest BCUT2D eigenvalue weighted by Gasteiger charge is 2.38. The van der Waals surface area contributed by atoms with E-state index < -0.39 is 0 Å². The first-order valence-corrected chi connectivity index (χ1v) is 8.47. The average Bonchev–Trinajstić information content (AvgIpc) is 3.14. The molecule has 4 nitrogen and oxygen atoms in total. The summed E-state index contributed by atoms with van der Waals surface area (Å²) in [6.07, 6.45) is 4.14. The van der Waals surface area contributed by atoms with Crippen LogP contribution in [0.1, 0.15) is 25.8 Å². The lowest BCUT2D eigenvalue weighted by molar-refractivity contribution is -0.130. The minimum absolute atomic E-state index is 0.0241. The molecule has 1 amide bonds. The zero-order valence-corrected chi connectivity index (χ0v) is 13.6. The van der Waals surface area contributed by atoms with Gasteiger partial charge in [-0.15, -0.1) is 0 Å². The van der Waals surface area contributed by atoms with Crippen molar-refractivity contribution in [2.24, 2.45) is 5.92 Å². The number of pyridine rings is 1. The van der Waals surface area contributed by atoms with Crippen LogP contribution >= 0.6 is 11.3 Å². The van der Waals surface area contributed by atoms with E-state index in [-0.39, 0.29) is 24.0 Å². The van der Waals surface area contributed by atoms with E-state index in [1.807, 2.05) is 30.5 Å². The predicted molar refractivity (Wildman–Crippen MR) is 87.9 cm³/mol. The Morgan fingerprint density at radius 1 is 1.45 bits per heavy atom. The molecule has 2 aromatic heterocycles. The summed E-state index contributed by atoms with van der Waals surface area (Å²) in [5.41, 5.74) is 1.94. The molecule has 1 saturated heterocycles. The second-order valence-corrected chi connectivity index (χ2v) is 6.63. The summed E-state index contributed by atoms with van der Waals surface area (Å²) in [7, 11) is 0. The monoisotopic (exact) mass is 316 g/mol. The van der Waals surface area contributed by atoms with Gasteiger partial charge in [-0.25, -0.2) is 0 Å². The van der Waals surface area contributed by atoms with Crippen molar-refractivity contribution in [3.05, 3.63) is 46.9 Å². The normalized spacial score (nSPS) is 24.4. The van der Waals surface area contributed by atoms with Gasteiger partial charge in [-0.05, 0) is 53.8 Å². The minimum Gasteiger partial charge on any atom is -0.365 e. The van der Waals surface area contributed by atoms with Gasteiger partial charge in [0.25, 0.3) is 5.91 Å². The first kappa shape index (κ1) is 15.2. The molecule has 1 aliphatic rings. The molecule has 0 saturated carbocycles. The zero-order valence-electron chi connectivity index (χ0n) is 12.8. The van der Waals surface area contributed by atoms with E-state index >= 15 is 0 Å². The van der Waals surface area contributed by atoms with Crippen molar-refractivity contribution in [3.63, 3.8) is 0 Å². The van der Waals surface area contributed by atoms with Gasteiger partial charge in [-0.2, -0.15) is 11.3 Å². The number of thiophene rings is 1. The smallest absolute Gasteiger partial charge is 0.256 e. The maximum atomic E-state index is 13.0. The van der Waals surface area contributed by atoms with Gasteiger partial charge in [0.15, 0.2) is 0 Å². The zero-order chi connectivity index (χ0) is 15.5.